The lowest BCUT2D eigenvalue weighted by molar-refractivity contribution is -0.139. The molecule has 0 aliphatic carbocycles. The maximum Gasteiger partial charge on any atom is 0.320 e. The fourth-order valence-electron chi connectivity index (χ4n) is 0.951. The van der Waals surface area contributed by atoms with Gasteiger partial charge < -0.3 is 21.1 Å². The molecular weight excluding hydrogens is 202 g/mol. The van der Waals surface area contributed by atoms with Crippen LogP contribution < -0.4 is 10.6 Å². The molecule has 14 heavy (non-hydrogen) atoms. The largest absolute Gasteiger partial charge is 0.480 e. The molecule has 0 aromatic rings. The van der Waals surface area contributed by atoms with Gasteiger partial charge in [-0.3, -0.25) is 4.79 Å². The first-order valence-electron chi connectivity index (χ1n) is 4.49. The zero-order valence-corrected chi connectivity index (χ0v) is 8.89. The van der Waals surface area contributed by atoms with Gasteiger partial charge in [0.2, 0.25) is 0 Å². The predicted octanol–water partition coefficient (Wildman–Crippen LogP) is -0.412. The van der Waals surface area contributed by atoms with Crippen LogP contribution in [0.1, 0.15) is 6.42 Å². The molecule has 0 amide bonds. The zero-order chi connectivity index (χ0) is 10.8. The third-order valence-electron chi connectivity index (χ3n) is 1.65. The average molecular weight is 219 g/mol. The second kappa shape index (κ2) is 8.98. The normalized spacial score (nSPS) is 12.4. The van der Waals surface area contributed by atoms with E-state index in [4.69, 9.17) is 10.5 Å². The molecule has 82 valence electrons. The van der Waals surface area contributed by atoms with Crippen LogP contribution in [0.5, 0.6) is 0 Å². The molecule has 6 heteroatoms. The summed E-state index contributed by atoms with van der Waals surface area (Å²) in [6, 6.07) is -0.519. The Balaban J connectivity index is 3.50. The Hall–Kier alpha value is -0.590. The third kappa shape index (κ3) is 6.88. The summed E-state index contributed by atoms with van der Waals surface area (Å²) in [7, 11) is 0. The number of nitrogens with one attached hydrogen (secondary N) is 3. The number of carboxylic acid groups (broad SMARTS) is 1. The highest BCUT2D eigenvalue weighted by molar-refractivity contribution is 7.80. The van der Waals surface area contributed by atoms with Crippen molar-refractivity contribution in [3.63, 3.8) is 0 Å². The minimum atomic E-state index is -0.842. The molecule has 0 unspecified atom stereocenters. The Morgan fingerprint density at radius 1 is 1.57 bits per heavy atom. The highest BCUT2D eigenvalue weighted by Crippen LogP contribution is 1.93. The quantitative estimate of drug-likeness (QED) is 0.207. The van der Waals surface area contributed by atoms with Crippen LogP contribution in [0.4, 0.5) is 0 Å². The van der Waals surface area contributed by atoms with Crippen LogP contribution in [0.15, 0.2) is 0 Å². The van der Waals surface area contributed by atoms with Crippen LogP contribution in [-0.2, 0) is 4.79 Å². The van der Waals surface area contributed by atoms with E-state index in [0.717, 1.165) is 0 Å². The molecule has 5 nitrogen and oxygen atoms in total. The van der Waals surface area contributed by atoms with Gasteiger partial charge in [-0.1, -0.05) is 0 Å². The summed E-state index contributed by atoms with van der Waals surface area (Å²) < 4.78 is 0. The highest BCUT2D eigenvalue weighted by Gasteiger charge is 2.14. The molecule has 0 aromatic carbocycles. The minimum absolute atomic E-state index is 0.517. The van der Waals surface area contributed by atoms with Gasteiger partial charge in [0.1, 0.15) is 6.04 Å². The van der Waals surface area contributed by atoms with Gasteiger partial charge in [0.25, 0.3) is 0 Å². The molecule has 0 saturated carbocycles. The molecule has 0 heterocycles. The summed E-state index contributed by atoms with van der Waals surface area (Å²) in [5, 5.41) is 21.3. The van der Waals surface area contributed by atoms with Crippen LogP contribution in [-0.4, -0.2) is 48.7 Å². The Morgan fingerprint density at radius 2 is 2.29 bits per heavy atom. The molecule has 0 radical (unpaired) electrons. The Kier molecular flexibility index (Phi) is 8.61. The molecular formula is C8H17N3O2S. The number of carboxylic acids is 1. The second-order valence-corrected chi connectivity index (χ2v) is 3.21. The van der Waals surface area contributed by atoms with Crippen LogP contribution in [0.3, 0.4) is 0 Å². The van der Waals surface area contributed by atoms with Crippen molar-refractivity contribution in [1.82, 2.24) is 10.6 Å². The zero-order valence-electron chi connectivity index (χ0n) is 7.99. The van der Waals surface area contributed by atoms with Crippen LogP contribution in [0, 0.1) is 5.41 Å². The van der Waals surface area contributed by atoms with Gasteiger partial charge in [0, 0.05) is 25.8 Å². The van der Waals surface area contributed by atoms with Crippen LogP contribution in [0.2, 0.25) is 0 Å². The number of hydrogen-bond donors (Lipinski definition) is 5. The van der Waals surface area contributed by atoms with Crippen molar-refractivity contribution < 1.29 is 9.90 Å². The van der Waals surface area contributed by atoms with Crippen molar-refractivity contribution in [2.45, 2.75) is 12.5 Å². The lowest BCUT2D eigenvalue weighted by Gasteiger charge is -2.12. The fraction of sp³-hybridized carbons (Fsp3) is 0.750. The lowest BCUT2D eigenvalue weighted by atomic mass is 10.2. The molecule has 0 saturated heterocycles. The Labute approximate surface area is 89.2 Å². The van der Waals surface area contributed by atoms with E-state index < -0.39 is 12.0 Å². The molecule has 0 bridgehead atoms. The van der Waals surface area contributed by atoms with E-state index in [2.05, 4.69) is 23.3 Å². The molecule has 0 aliphatic heterocycles. The minimum Gasteiger partial charge on any atom is -0.480 e. The summed E-state index contributed by atoms with van der Waals surface area (Å²) in [5.74, 6) is -0.288. The lowest BCUT2D eigenvalue weighted by Crippen LogP contribution is -2.40. The van der Waals surface area contributed by atoms with Crippen LogP contribution >= 0.6 is 12.6 Å². The summed E-state index contributed by atoms with van der Waals surface area (Å²) in [6.07, 6.45) is 1.78. The topological polar surface area (TPSA) is 85.2 Å². The van der Waals surface area contributed by atoms with E-state index >= 15 is 0 Å². The smallest absolute Gasteiger partial charge is 0.320 e. The predicted molar refractivity (Wildman–Crippen MR) is 59.5 cm³/mol. The number of thiol groups is 1. The van der Waals surface area contributed by atoms with Gasteiger partial charge >= 0.3 is 5.97 Å². The Bertz CT molecular complexity index is 178. The first kappa shape index (κ1) is 13.4. The van der Waals surface area contributed by atoms with Gasteiger partial charge in [-0.25, -0.2) is 0 Å². The van der Waals surface area contributed by atoms with Crippen molar-refractivity contribution in [1.29, 1.82) is 5.41 Å². The van der Waals surface area contributed by atoms with Crippen LogP contribution in [0.25, 0.3) is 0 Å². The highest BCUT2D eigenvalue weighted by atomic mass is 32.1. The van der Waals surface area contributed by atoms with Gasteiger partial charge in [-0.05, 0) is 12.2 Å². The van der Waals surface area contributed by atoms with Crippen molar-refractivity contribution in [3.8, 4) is 0 Å². The number of carbonyl (C=O) groups is 1. The van der Waals surface area contributed by atoms with E-state index in [9.17, 15) is 4.79 Å². The molecule has 4 N–H and O–H groups in total. The molecule has 0 aromatic heterocycles. The van der Waals surface area contributed by atoms with Gasteiger partial charge in [0.05, 0.1) is 0 Å². The summed E-state index contributed by atoms with van der Waals surface area (Å²) in [5.41, 5.74) is 0. The van der Waals surface area contributed by atoms with E-state index in [-0.39, 0.29) is 0 Å². The Morgan fingerprint density at radius 3 is 2.79 bits per heavy atom. The summed E-state index contributed by atoms with van der Waals surface area (Å²) in [6.45, 7) is 1.76. The summed E-state index contributed by atoms with van der Waals surface area (Å²) >= 11 is 3.98. The summed E-state index contributed by atoms with van der Waals surface area (Å²) in [4.78, 5) is 10.7. The molecule has 1 atom stereocenters. The van der Waals surface area contributed by atoms with E-state index in [0.29, 0.717) is 31.8 Å². The maximum absolute atomic E-state index is 10.7. The number of hydrogen-bond acceptors (Lipinski definition) is 5. The molecule has 0 aliphatic rings. The maximum atomic E-state index is 10.7. The molecule has 0 fully saturated rings. The van der Waals surface area contributed by atoms with E-state index in [1.165, 1.54) is 6.21 Å². The van der Waals surface area contributed by atoms with Crippen molar-refractivity contribution >= 4 is 24.8 Å². The van der Waals surface area contributed by atoms with Gasteiger partial charge in [-0.2, -0.15) is 12.6 Å². The first-order chi connectivity index (χ1) is 6.72. The van der Waals surface area contributed by atoms with Gasteiger partial charge in [-0.15, -0.1) is 0 Å². The van der Waals surface area contributed by atoms with E-state index in [1.807, 2.05) is 0 Å². The molecule has 0 spiro atoms. The third-order valence-corrected chi connectivity index (χ3v) is 1.91. The van der Waals surface area contributed by atoms with Crippen molar-refractivity contribution in [2.24, 2.45) is 0 Å². The second-order valence-electron chi connectivity index (χ2n) is 2.77. The fourth-order valence-corrected chi connectivity index (χ4v) is 1.21. The van der Waals surface area contributed by atoms with Gasteiger partial charge in [0.15, 0.2) is 0 Å². The number of rotatable bonds is 9. The van der Waals surface area contributed by atoms with Crippen molar-refractivity contribution in [3.05, 3.63) is 0 Å². The number of aliphatic carboxylic acids is 1. The first-order valence-corrected chi connectivity index (χ1v) is 5.12. The SMILES string of the molecule is N=CCNCCN[C@@H](CCS)C(=O)O. The van der Waals surface area contributed by atoms with Crippen molar-refractivity contribution in [2.75, 3.05) is 25.4 Å². The standard InChI is InChI=1S/C8H17N3O2S/c9-2-3-10-4-5-11-7(1-6-14)8(12)13/h2,7,9-11,14H,1,3-6H2,(H,12,13)/t7-/m0/s1. The molecule has 0 rings (SSSR count). The average Bonchev–Trinajstić information content (AvgIpc) is 2.15. The van der Waals surface area contributed by atoms with E-state index in [1.54, 1.807) is 0 Å². The monoisotopic (exact) mass is 219 g/mol.